The normalized spacial score (nSPS) is 11.7. The summed E-state index contributed by atoms with van der Waals surface area (Å²) in [5.74, 6) is -0.549. The van der Waals surface area contributed by atoms with Crippen molar-refractivity contribution in [2.24, 2.45) is 5.14 Å². The first-order valence-electron chi connectivity index (χ1n) is 8.79. The van der Waals surface area contributed by atoms with E-state index in [1.165, 1.54) is 36.4 Å². The number of anilines is 2. The number of carbonyl (C=O) groups excluding carboxylic acids is 1. The van der Waals surface area contributed by atoms with Gasteiger partial charge in [-0.15, -0.1) is 0 Å². The van der Waals surface area contributed by atoms with Crippen molar-refractivity contribution in [2.45, 2.75) is 16.7 Å². The van der Waals surface area contributed by atoms with E-state index in [-0.39, 0.29) is 31.8 Å². The van der Waals surface area contributed by atoms with Crippen LogP contribution in [0.5, 0.6) is 0 Å². The summed E-state index contributed by atoms with van der Waals surface area (Å²) in [6, 6.07) is 15.9. The van der Waals surface area contributed by atoms with Gasteiger partial charge in [0.15, 0.2) is 0 Å². The molecular formula is C20H18ClN3O5S2. The number of primary sulfonamides is 1. The van der Waals surface area contributed by atoms with Crippen LogP contribution in [0.1, 0.15) is 15.9 Å². The molecule has 1 amide bonds. The summed E-state index contributed by atoms with van der Waals surface area (Å²) in [7, 11) is -7.85. The lowest BCUT2D eigenvalue weighted by molar-refractivity contribution is 0.102. The number of aryl methyl sites for hydroxylation is 1. The van der Waals surface area contributed by atoms with E-state index in [0.717, 1.165) is 0 Å². The van der Waals surface area contributed by atoms with E-state index in [9.17, 15) is 21.6 Å². The lowest BCUT2D eigenvalue weighted by atomic mass is 10.2. The first kappa shape index (κ1) is 22.8. The van der Waals surface area contributed by atoms with Crippen LogP contribution in [0.15, 0.2) is 76.5 Å². The summed E-state index contributed by atoms with van der Waals surface area (Å²) in [5.41, 5.74) is 1.11. The zero-order chi connectivity index (χ0) is 22.8. The van der Waals surface area contributed by atoms with Gasteiger partial charge in [0.1, 0.15) is 0 Å². The van der Waals surface area contributed by atoms with Crippen molar-refractivity contribution in [1.29, 1.82) is 0 Å². The highest BCUT2D eigenvalue weighted by Gasteiger charge is 2.19. The van der Waals surface area contributed by atoms with Crippen molar-refractivity contribution < 1.29 is 21.6 Å². The number of nitrogens with two attached hydrogens (primary N) is 1. The lowest BCUT2D eigenvalue weighted by Gasteiger charge is -2.13. The molecule has 3 aromatic carbocycles. The molecule has 0 aliphatic rings. The van der Waals surface area contributed by atoms with Crippen LogP contribution in [0.4, 0.5) is 11.4 Å². The highest BCUT2D eigenvalue weighted by atomic mass is 35.5. The minimum atomic E-state index is -3.98. The van der Waals surface area contributed by atoms with Gasteiger partial charge < -0.3 is 5.32 Å². The van der Waals surface area contributed by atoms with Gasteiger partial charge in [-0.1, -0.05) is 29.8 Å². The number of sulfonamides is 2. The first-order valence-corrected chi connectivity index (χ1v) is 12.2. The number of benzene rings is 3. The molecule has 8 nitrogen and oxygen atoms in total. The molecule has 31 heavy (non-hydrogen) atoms. The molecule has 0 fully saturated rings. The number of rotatable bonds is 6. The third kappa shape index (κ3) is 5.42. The van der Waals surface area contributed by atoms with Crippen LogP contribution in [0.3, 0.4) is 0 Å². The summed E-state index contributed by atoms with van der Waals surface area (Å²) in [4.78, 5) is 12.3. The maximum absolute atomic E-state index is 12.9. The molecule has 0 aromatic heterocycles. The monoisotopic (exact) mass is 479 g/mol. The van der Waals surface area contributed by atoms with Gasteiger partial charge in [-0.2, -0.15) is 0 Å². The maximum atomic E-state index is 12.9. The highest BCUT2D eigenvalue weighted by molar-refractivity contribution is 7.92. The van der Waals surface area contributed by atoms with Gasteiger partial charge in [-0.25, -0.2) is 22.0 Å². The SMILES string of the molecule is Cc1ccc(NC(=O)c2ccc(S(N)(=O)=O)cc2)cc1S(=O)(=O)Nc1ccccc1Cl. The van der Waals surface area contributed by atoms with Gasteiger partial charge in [-0.3, -0.25) is 9.52 Å². The predicted octanol–water partition coefficient (Wildman–Crippen LogP) is 3.35. The average molecular weight is 480 g/mol. The average Bonchev–Trinajstić information content (AvgIpc) is 2.70. The fraction of sp³-hybridized carbons (Fsp3) is 0.0500. The number of carbonyl (C=O) groups is 1. The summed E-state index contributed by atoms with van der Waals surface area (Å²) in [6.07, 6.45) is 0. The number of halogens is 1. The summed E-state index contributed by atoms with van der Waals surface area (Å²) < 4.78 is 50.8. The fourth-order valence-electron chi connectivity index (χ4n) is 2.71. The third-order valence-electron chi connectivity index (χ3n) is 4.30. The van der Waals surface area contributed by atoms with E-state index in [4.69, 9.17) is 16.7 Å². The molecule has 11 heteroatoms. The molecular weight excluding hydrogens is 462 g/mol. The number of amides is 1. The first-order chi connectivity index (χ1) is 14.5. The topological polar surface area (TPSA) is 135 Å². The van der Waals surface area contributed by atoms with Crippen molar-refractivity contribution in [3.8, 4) is 0 Å². The fourth-order valence-corrected chi connectivity index (χ4v) is 4.82. The minimum Gasteiger partial charge on any atom is -0.322 e. The summed E-state index contributed by atoms with van der Waals surface area (Å²) >= 11 is 6.04. The molecule has 3 rings (SSSR count). The Balaban J connectivity index is 1.85. The molecule has 0 atom stereocenters. The van der Waals surface area contributed by atoms with Gasteiger partial charge in [0.2, 0.25) is 10.0 Å². The molecule has 0 radical (unpaired) electrons. The third-order valence-corrected chi connectivity index (χ3v) is 7.07. The molecule has 3 aromatic rings. The van der Waals surface area contributed by atoms with Crippen LogP contribution in [0, 0.1) is 6.92 Å². The summed E-state index contributed by atoms with van der Waals surface area (Å²) in [5, 5.41) is 7.88. The number of nitrogens with one attached hydrogen (secondary N) is 2. The Morgan fingerprint density at radius 1 is 0.935 bits per heavy atom. The lowest BCUT2D eigenvalue weighted by Crippen LogP contribution is -2.17. The largest absolute Gasteiger partial charge is 0.322 e. The number of hydrogen-bond donors (Lipinski definition) is 3. The van der Waals surface area contributed by atoms with Gasteiger partial charge in [0, 0.05) is 11.3 Å². The van der Waals surface area contributed by atoms with E-state index in [1.54, 1.807) is 37.3 Å². The Hall–Kier alpha value is -2.92. The van der Waals surface area contributed by atoms with Crippen molar-refractivity contribution in [1.82, 2.24) is 0 Å². The van der Waals surface area contributed by atoms with E-state index in [1.807, 2.05) is 0 Å². The van der Waals surface area contributed by atoms with Crippen molar-refractivity contribution in [3.63, 3.8) is 0 Å². The van der Waals surface area contributed by atoms with Crippen LogP contribution in [-0.2, 0) is 20.0 Å². The Kier molecular flexibility index (Phi) is 6.37. The molecule has 0 saturated heterocycles. The second-order valence-electron chi connectivity index (χ2n) is 6.59. The second-order valence-corrected chi connectivity index (χ2v) is 10.2. The van der Waals surface area contributed by atoms with Crippen molar-refractivity contribution in [2.75, 3.05) is 10.0 Å². The smallest absolute Gasteiger partial charge is 0.262 e. The Labute approximate surface area is 185 Å². The number of hydrogen-bond acceptors (Lipinski definition) is 5. The molecule has 0 aliphatic carbocycles. The molecule has 0 spiro atoms. The zero-order valence-electron chi connectivity index (χ0n) is 16.2. The van der Waals surface area contributed by atoms with Crippen LogP contribution in [0.2, 0.25) is 5.02 Å². The standard InChI is InChI=1S/C20H18ClN3O5S2/c1-13-6-9-15(23-20(25)14-7-10-16(11-8-14)30(22,26)27)12-19(13)31(28,29)24-18-5-3-2-4-17(18)21/h2-12,24H,1H3,(H,23,25)(H2,22,26,27). The van der Waals surface area contributed by atoms with E-state index >= 15 is 0 Å². The Morgan fingerprint density at radius 3 is 2.19 bits per heavy atom. The molecule has 0 saturated carbocycles. The van der Waals surface area contributed by atoms with Crippen molar-refractivity contribution in [3.05, 3.63) is 82.9 Å². The maximum Gasteiger partial charge on any atom is 0.262 e. The van der Waals surface area contributed by atoms with Gasteiger partial charge >= 0.3 is 0 Å². The second kappa shape index (κ2) is 8.67. The van der Waals surface area contributed by atoms with Gasteiger partial charge in [0.25, 0.3) is 15.9 Å². The number of para-hydroxylation sites is 1. The van der Waals surface area contributed by atoms with Gasteiger partial charge in [0.05, 0.1) is 20.5 Å². The molecule has 0 unspecified atom stereocenters. The highest BCUT2D eigenvalue weighted by Crippen LogP contribution is 2.27. The molecule has 162 valence electrons. The Morgan fingerprint density at radius 2 is 1.58 bits per heavy atom. The minimum absolute atomic E-state index is 0.0326. The quantitative estimate of drug-likeness (QED) is 0.498. The predicted molar refractivity (Wildman–Crippen MR) is 119 cm³/mol. The van der Waals surface area contributed by atoms with Crippen LogP contribution < -0.4 is 15.2 Å². The van der Waals surface area contributed by atoms with Crippen LogP contribution >= 0.6 is 11.6 Å². The zero-order valence-corrected chi connectivity index (χ0v) is 18.6. The van der Waals surface area contributed by atoms with Crippen LogP contribution in [0.25, 0.3) is 0 Å². The van der Waals surface area contributed by atoms with Crippen molar-refractivity contribution >= 4 is 48.9 Å². The molecule has 4 N–H and O–H groups in total. The summed E-state index contributed by atoms with van der Waals surface area (Å²) in [6.45, 7) is 1.62. The van der Waals surface area contributed by atoms with E-state index in [2.05, 4.69) is 10.0 Å². The molecule has 0 heterocycles. The molecule has 0 bridgehead atoms. The van der Waals surface area contributed by atoms with E-state index < -0.39 is 26.0 Å². The van der Waals surface area contributed by atoms with Crippen LogP contribution in [-0.4, -0.2) is 22.7 Å². The Bertz CT molecular complexity index is 1360. The molecule has 0 aliphatic heterocycles. The van der Waals surface area contributed by atoms with Gasteiger partial charge in [-0.05, 0) is 61.0 Å². The van der Waals surface area contributed by atoms with E-state index in [0.29, 0.717) is 5.56 Å².